The lowest BCUT2D eigenvalue weighted by molar-refractivity contribution is 0.102. The third-order valence-electron chi connectivity index (χ3n) is 2.99. The largest absolute Gasteiger partial charge is 0.376 e. The molecule has 0 bridgehead atoms. The molecule has 5 heteroatoms. The third-order valence-corrected chi connectivity index (χ3v) is 2.99. The first-order valence-electron chi connectivity index (χ1n) is 6.77. The van der Waals surface area contributed by atoms with Crippen LogP contribution in [0.25, 0.3) is 6.08 Å². The van der Waals surface area contributed by atoms with Crippen LogP contribution in [0.4, 0.5) is 5.69 Å². The van der Waals surface area contributed by atoms with Gasteiger partial charge in [-0.15, -0.1) is 0 Å². The number of hydrazone groups is 1. The fourth-order valence-electron chi connectivity index (χ4n) is 1.70. The summed E-state index contributed by atoms with van der Waals surface area (Å²) in [5.41, 5.74) is 5.16. The zero-order valence-corrected chi connectivity index (χ0v) is 11.2. The Balaban J connectivity index is 0.000000123. The van der Waals surface area contributed by atoms with Gasteiger partial charge in [0.2, 0.25) is 0 Å². The highest BCUT2D eigenvalue weighted by atomic mass is 16.6. The normalized spacial score (nSPS) is 24.8. The molecule has 4 rings (SSSR count). The molecule has 0 saturated carbocycles. The molecule has 0 aliphatic carbocycles. The van der Waals surface area contributed by atoms with Crippen LogP contribution in [0.15, 0.2) is 35.4 Å². The van der Waals surface area contributed by atoms with E-state index in [4.69, 9.17) is 14.2 Å². The molecule has 0 radical (unpaired) electrons. The molecule has 1 N–H and O–H groups in total. The van der Waals surface area contributed by atoms with Gasteiger partial charge < -0.3 is 14.2 Å². The Kier molecular flexibility index (Phi) is 4.42. The highest BCUT2D eigenvalue weighted by Gasteiger charge is 2.26. The zero-order chi connectivity index (χ0) is 13.6. The maximum Gasteiger partial charge on any atom is 0.104 e. The minimum Gasteiger partial charge on any atom is -0.376 e. The number of rotatable bonds is 4. The van der Waals surface area contributed by atoms with Crippen molar-refractivity contribution in [2.75, 3.05) is 31.9 Å². The number of anilines is 1. The van der Waals surface area contributed by atoms with Crippen LogP contribution in [0, 0.1) is 0 Å². The van der Waals surface area contributed by atoms with Crippen LogP contribution in [0.1, 0.15) is 5.56 Å². The van der Waals surface area contributed by atoms with Crippen LogP contribution in [0.3, 0.4) is 0 Å². The summed E-state index contributed by atoms with van der Waals surface area (Å²) in [5.74, 6) is 0. The Bertz CT molecular complexity index is 482. The van der Waals surface area contributed by atoms with E-state index in [9.17, 15) is 0 Å². The van der Waals surface area contributed by atoms with E-state index in [2.05, 4.69) is 10.5 Å². The Hall–Kier alpha value is -1.69. The minimum absolute atomic E-state index is 0.392. The molecule has 106 valence electrons. The summed E-state index contributed by atoms with van der Waals surface area (Å²) in [4.78, 5) is 0. The topological polar surface area (TPSA) is 58.7 Å². The van der Waals surface area contributed by atoms with Crippen LogP contribution in [0.5, 0.6) is 0 Å². The zero-order valence-electron chi connectivity index (χ0n) is 11.2. The van der Waals surface area contributed by atoms with E-state index < -0.39 is 0 Å². The van der Waals surface area contributed by atoms with Crippen molar-refractivity contribution in [1.29, 1.82) is 0 Å². The molecule has 3 aliphatic heterocycles. The molecule has 0 spiro atoms. The molecular weight excluding hydrogens is 256 g/mol. The van der Waals surface area contributed by atoms with Crippen LogP contribution in [-0.2, 0) is 14.2 Å². The summed E-state index contributed by atoms with van der Waals surface area (Å²) in [6.45, 7) is 3.26. The summed E-state index contributed by atoms with van der Waals surface area (Å²) in [6.07, 6.45) is 6.46. The van der Waals surface area contributed by atoms with E-state index in [-0.39, 0.29) is 0 Å². The molecule has 0 amide bonds. The Morgan fingerprint density at radius 3 is 2.55 bits per heavy atom. The van der Waals surface area contributed by atoms with E-state index in [0.717, 1.165) is 32.1 Å². The van der Waals surface area contributed by atoms with Crippen molar-refractivity contribution < 1.29 is 14.2 Å². The van der Waals surface area contributed by atoms with Gasteiger partial charge >= 0.3 is 0 Å². The van der Waals surface area contributed by atoms with Crippen molar-refractivity contribution in [1.82, 2.24) is 0 Å². The van der Waals surface area contributed by atoms with E-state index in [1.54, 1.807) is 6.21 Å². The Morgan fingerprint density at radius 2 is 1.85 bits per heavy atom. The van der Waals surface area contributed by atoms with Crippen molar-refractivity contribution in [3.8, 4) is 0 Å². The van der Waals surface area contributed by atoms with Crippen LogP contribution in [-0.4, -0.2) is 44.9 Å². The summed E-state index contributed by atoms with van der Waals surface area (Å²) in [7, 11) is 0. The molecule has 2 fully saturated rings. The molecule has 2 atom stereocenters. The molecular formula is C15H18N2O3. The van der Waals surface area contributed by atoms with Gasteiger partial charge in [-0.3, -0.25) is 5.43 Å². The van der Waals surface area contributed by atoms with Crippen molar-refractivity contribution in [2.24, 2.45) is 5.10 Å². The van der Waals surface area contributed by atoms with Gasteiger partial charge in [-0.25, -0.2) is 0 Å². The molecule has 5 nitrogen and oxygen atoms in total. The molecule has 2 unspecified atom stereocenters. The SMILES string of the molecule is C(OCC1CO1)C1CO1.C1=Cc2ccccc2NN=C1. The smallest absolute Gasteiger partial charge is 0.104 e. The number of hydrogen-bond donors (Lipinski definition) is 1. The quantitative estimate of drug-likeness (QED) is 0.852. The van der Waals surface area contributed by atoms with E-state index in [0.29, 0.717) is 12.2 Å². The van der Waals surface area contributed by atoms with E-state index in [1.165, 1.54) is 5.56 Å². The number of allylic oxidation sites excluding steroid dienone is 1. The first kappa shape index (κ1) is 13.3. The van der Waals surface area contributed by atoms with Crippen molar-refractivity contribution >= 4 is 18.0 Å². The maximum atomic E-state index is 5.23. The lowest BCUT2D eigenvalue weighted by Crippen LogP contribution is -2.06. The molecule has 1 aromatic rings. The molecule has 1 aromatic carbocycles. The average Bonchev–Trinajstić information content (AvgIpc) is 3.34. The monoisotopic (exact) mass is 274 g/mol. The van der Waals surface area contributed by atoms with Gasteiger partial charge in [0.1, 0.15) is 12.2 Å². The molecule has 2 saturated heterocycles. The lowest BCUT2D eigenvalue weighted by atomic mass is 10.2. The fourth-order valence-corrected chi connectivity index (χ4v) is 1.70. The van der Waals surface area contributed by atoms with Crippen molar-refractivity contribution in [2.45, 2.75) is 12.2 Å². The molecule has 20 heavy (non-hydrogen) atoms. The van der Waals surface area contributed by atoms with Gasteiger partial charge in [0.15, 0.2) is 0 Å². The van der Waals surface area contributed by atoms with Crippen molar-refractivity contribution in [3.63, 3.8) is 0 Å². The number of epoxide rings is 2. The number of nitrogens with zero attached hydrogens (tertiary/aromatic N) is 1. The van der Waals surface area contributed by atoms with Gasteiger partial charge in [-0.05, 0) is 17.7 Å². The van der Waals surface area contributed by atoms with Crippen molar-refractivity contribution in [3.05, 3.63) is 35.9 Å². The summed E-state index contributed by atoms with van der Waals surface area (Å²) < 4.78 is 15.1. The van der Waals surface area contributed by atoms with Gasteiger partial charge in [0.25, 0.3) is 0 Å². The van der Waals surface area contributed by atoms with E-state index in [1.807, 2.05) is 36.4 Å². The standard InChI is InChI=1S/C9H8N2.C6H10O3/c1-2-6-9-8(4-1)5-3-7-10-11-9;1(5-3-8-5)7-2-6-4-9-6/h1-7,11H;5-6H,1-4H2. The van der Waals surface area contributed by atoms with Crippen LogP contribution in [0.2, 0.25) is 0 Å². The number of hydrogen-bond acceptors (Lipinski definition) is 5. The van der Waals surface area contributed by atoms with Crippen LogP contribution < -0.4 is 5.43 Å². The summed E-state index contributed by atoms with van der Waals surface area (Å²) >= 11 is 0. The first-order chi connectivity index (χ1) is 9.92. The molecule has 3 heterocycles. The minimum atomic E-state index is 0.392. The number of ether oxygens (including phenoxy) is 3. The van der Waals surface area contributed by atoms with Gasteiger partial charge in [0.05, 0.1) is 32.1 Å². The first-order valence-corrected chi connectivity index (χ1v) is 6.77. The van der Waals surface area contributed by atoms with Crippen LogP contribution >= 0.6 is 0 Å². The Morgan fingerprint density at radius 1 is 1.15 bits per heavy atom. The lowest BCUT2D eigenvalue weighted by Gasteiger charge is -2.00. The maximum absolute atomic E-state index is 5.23. The van der Waals surface area contributed by atoms with Gasteiger partial charge in [0, 0.05) is 6.21 Å². The highest BCUT2D eigenvalue weighted by Crippen LogP contribution is 2.17. The highest BCUT2D eigenvalue weighted by molar-refractivity contribution is 5.83. The van der Waals surface area contributed by atoms with Gasteiger partial charge in [-0.2, -0.15) is 5.10 Å². The predicted molar refractivity (Wildman–Crippen MR) is 77.9 cm³/mol. The number of para-hydroxylation sites is 1. The average molecular weight is 274 g/mol. The van der Waals surface area contributed by atoms with Gasteiger partial charge in [-0.1, -0.05) is 24.3 Å². The third kappa shape index (κ3) is 4.45. The molecule has 0 aromatic heterocycles. The second-order valence-electron chi connectivity index (χ2n) is 4.78. The fraction of sp³-hybridized carbons (Fsp3) is 0.400. The predicted octanol–water partition coefficient (Wildman–Crippen LogP) is 1.91. The number of fused-ring (bicyclic) bond motifs is 1. The number of nitrogens with one attached hydrogen (secondary N) is 1. The Labute approximate surface area is 118 Å². The number of benzene rings is 1. The second kappa shape index (κ2) is 6.65. The summed E-state index contributed by atoms with van der Waals surface area (Å²) in [5, 5.41) is 3.95. The summed E-state index contributed by atoms with van der Waals surface area (Å²) in [6, 6.07) is 8.05. The molecule has 3 aliphatic rings. The second-order valence-corrected chi connectivity index (χ2v) is 4.78. The van der Waals surface area contributed by atoms with E-state index >= 15 is 0 Å².